The Hall–Kier alpha value is -0.570. The minimum absolute atomic E-state index is 0.688. The van der Waals surface area contributed by atoms with Crippen molar-refractivity contribution >= 4 is 11.6 Å². The van der Waals surface area contributed by atoms with Gasteiger partial charge in [-0.15, -0.1) is 0 Å². The first-order valence-electron chi connectivity index (χ1n) is 5.37. The summed E-state index contributed by atoms with van der Waals surface area (Å²) >= 11 is 5.80. The van der Waals surface area contributed by atoms with Gasteiger partial charge in [-0.3, -0.25) is 0 Å². The maximum Gasteiger partial charge on any atom is 0.0717 e. The summed E-state index contributed by atoms with van der Waals surface area (Å²) in [6.07, 6.45) is 1.24. The van der Waals surface area contributed by atoms with E-state index < -0.39 is 0 Å². The number of rotatable bonds is 4. The average Bonchev–Trinajstić information content (AvgIpc) is 2.74. The van der Waals surface area contributed by atoms with E-state index in [4.69, 9.17) is 16.3 Å². The molecule has 1 heterocycles. The zero-order valence-corrected chi connectivity index (χ0v) is 9.46. The van der Waals surface area contributed by atoms with Crippen molar-refractivity contribution in [1.82, 2.24) is 5.32 Å². The van der Waals surface area contributed by atoms with Gasteiger partial charge in [0.25, 0.3) is 0 Å². The number of nitrogens with one attached hydrogen (secondary N) is 1. The molecule has 0 saturated carbocycles. The third-order valence-electron chi connectivity index (χ3n) is 2.70. The number of hydrogen-bond acceptors (Lipinski definition) is 2. The van der Waals surface area contributed by atoms with E-state index >= 15 is 0 Å². The summed E-state index contributed by atoms with van der Waals surface area (Å²) in [6, 6.07) is 7.82. The summed E-state index contributed by atoms with van der Waals surface area (Å²) in [5, 5.41) is 4.11. The van der Waals surface area contributed by atoms with Crippen LogP contribution in [0.2, 0.25) is 5.02 Å². The minimum atomic E-state index is 0.688. The number of ether oxygens (including phenoxy) is 1. The van der Waals surface area contributed by atoms with Crippen molar-refractivity contribution in [1.29, 1.82) is 0 Å². The second-order valence-electron chi connectivity index (χ2n) is 4.00. The molecular weight excluding hydrogens is 210 g/mol. The zero-order valence-electron chi connectivity index (χ0n) is 8.71. The molecule has 0 spiro atoms. The van der Waals surface area contributed by atoms with Crippen molar-refractivity contribution in [3.8, 4) is 0 Å². The third-order valence-corrected chi connectivity index (χ3v) is 2.95. The molecule has 0 bridgehead atoms. The van der Waals surface area contributed by atoms with Crippen LogP contribution in [0, 0.1) is 5.92 Å². The van der Waals surface area contributed by atoms with E-state index in [-0.39, 0.29) is 0 Å². The predicted molar refractivity (Wildman–Crippen MR) is 62.1 cm³/mol. The van der Waals surface area contributed by atoms with Gasteiger partial charge >= 0.3 is 0 Å². The molecule has 1 atom stereocenters. The highest BCUT2D eigenvalue weighted by atomic mass is 35.5. The molecule has 2 nitrogen and oxygen atoms in total. The fraction of sp³-hybridized carbons (Fsp3) is 0.500. The summed E-state index contributed by atoms with van der Waals surface area (Å²) in [7, 11) is 0. The summed E-state index contributed by atoms with van der Waals surface area (Å²) in [6.45, 7) is 3.78. The molecule has 3 heteroatoms. The summed E-state index contributed by atoms with van der Waals surface area (Å²) in [5.74, 6) is 0.692. The standard InChI is InChI=1S/C12H16ClNO/c13-12-3-1-10(2-4-12)8-15-9-11-5-6-14-7-11/h1-4,11,14H,5-9H2/t11-/m0/s1. The molecule has 0 aromatic heterocycles. The highest BCUT2D eigenvalue weighted by Crippen LogP contribution is 2.12. The van der Waals surface area contributed by atoms with Crippen molar-refractivity contribution in [2.45, 2.75) is 13.0 Å². The first-order chi connectivity index (χ1) is 7.34. The molecule has 1 N–H and O–H groups in total. The molecule has 0 amide bonds. The fourth-order valence-electron chi connectivity index (χ4n) is 1.78. The van der Waals surface area contributed by atoms with Crippen LogP contribution in [0.25, 0.3) is 0 Å². The second kappa shape index (κ2) is 5.50. The maximum atomic E-state index is 5.80. The van der Waals surface area contributed by atoms with Gasteiger partial charge in [-0.1, -0.05) is 23.7 Å². The second-order valence-corrected chi connectivity index (χ2v) is 4.44. The van der Waals surface area contributed by atoms with Crippen LogP contribution in [-0.2, 0) is 11.3 Å². The Bertz CT molecular complexity index is 293. The SMILES string of the molecule is Clc1ccc(COC[C@H]2CCNC2)cc1. The van der Waals surface area contributed by atoms with Gasteiger partial charge in [-0.2, -0.15) is 0 Å². The van der Waals surface area contributed by atoms with Gasteiger partial charge in [0.05, 0.1) is 13.2 Å². The lowest BCUT2D eigenvalue weighted by Gasteiger charge is -2.09. The molecule has 1 aliphatic rings. The Morgan fingerprint density at radius 2 is 2.13 bits per heavy atom. The quantitative estimate of drug-likeness (QED) is 0.850. The van der Waals surface area contributed by atoms with Crippen molar-refractivity contribution in [3.05, 3.63) is 34.9 Å². The van der Waals surface area contributed by atoms with Crippen molar-refractivity contribution in [3.63, 3.8) is 0 Å². The number of hydrogen-bond donors (Lipinski definition) is 1. The highest BCUT2D eigenvalue weighted by molar-refractivity contribution is 6.30. The van der Waals surface area contributed by atoms with Crippen LogP contribution in [-0.4, -0.2) is 19.7 Å². The lowest BCUT2D eigenvalue weighted by atomic mass is 10.1. The Kier molecular flexibility index (Phi) is 4.01. The predicted octanol–water partition coefficient (Wildman–Crippen LogP) is 2.47. The molecule has 1 aromatic rings. The lowest BCUT2D eigenvalue weighted by Crippen LogP contribution is -2.13. The normalized spacial score (nSPS) is 20.7. The van der Waals surface area contributed by atoms with Gasteiger partial charge in [0.15, 0.2) is 0 Å². The number of benzene rings is 1. The first-order valence-corrected chi connectivity index (χ1v) is 5.75. The molecule has 0 aliphatic carbocycles. The monoisotopic (exact) mass is 225 g/mol. The van der Waals surface area contributed by atoms with Crippen LogP contribution in [0.1, 0.15) is 12.0 Å². The molecule has 82 valence electrons. The topological polar surface area (TPSA) is 21.3 Å². The van der Waals surface area contributed by atoms with Gasteiger partial charge < -0.3 is 10.1 Å². The van der Waals surface area contributed by atoms with Gasteiger partial charge in [-0.25, -0.2) is 0 Å². The van der Waals surface area contributed by atoms with E-state index in [0.29, 0.717) is 12.5 Å². The molecule has 2 rings (SSSR count). The van der Waals surface area contributed by atoms with Crippen molar-refractivity contribution < 1.29 is 4.74 Å². The van der Waals surface area contributed by atoms with Gasteiger partial charge in [0.2, 0.25) is 0 Å². The van der Waals surface area contributed by atoms with E-state index in [1.807, 2.05) is 24.3 Å². The number of halogens is 1. The van der Waals surface area contributed by atoms with E-state index in [1.165, 1.54) is 12.0 Å². The summed E-state index contributed by atoms with van der Waals surface area (Å²) in [5.41, 5.74) is 1.19. The molecule has 0 unspecified atom stereocenters. The van der Waals surface area contributed by atoms with Crippen LogP contribution < -0.4 is 5.32 Å². The Labute approximate surface area is 95.6 Å². The fourth-order valence-corrected chi connectivity index (χ4v) is 1.91. The van der Waals surface area contributed by atoms with E-state index in [2.05, 4.69) is 5.32 Å². The van der Waals surface area contributed by atoms with E-state index in [9.17, 15) is 0 Å². The van der Waals surface area contributed by atoms with E-state index in [0.717, 1.165) is 24.7 Å². The Morgan fingerprint density at radius 1 is 1.33 bits per heavy atom. The van der Waals surface area contributed by atoms with E-state index in [1.54, 1.807) is 0 Å². The smallest absolute Gasteiger partial charge is 0.0717 e. The van der Waals surface area contributed by atoms with Crippen LogP contribution in [0.4, 0.5) is 0 Å². The lowest BCUT2D eigenvalue weighted by molar-refractivity contribution is 0.0925. The summed E-state index contributed by atoms with van der Waals surface area (Å²) < 4.78 is 5.66. The van der Waals surface area contributed by atoms with Crippen LogP contribution in [0.5, 0.6) is 0 Å². The molecule has 1 fully saturated rings. The summed E-state index contributed by atoms with van der Waals surface area (Å²) in [4.78, 5) is 0. The molecule has 1 aliphatic heterocycles. The molecule has 1 saturated heterocycles. The van der Waals surface area contributed by atoms with Crippen LogP contribution in [0.3, 0.4) is 0 Å². The largest absolute Gasteiger partial charge is 0.376 e. The van der Waals surface area contributed by atoms with Gasteiger partial charge in [0, 0.05) is 11.6 Å². The van der Waals surface area contributed by atoms with Crippen LogP contribution >= 0.6 is 11.6 Å². The van der Waals surface area contributed by atoms with Crippen LogP contribution in [0.15, 0.2) is 24.3 Å². The Morgan fingerprint density at radius 3 is 2.80 bits per heavy atom. The van der Waals surface area contributed by atoms with Gasteiger partial charge in [-0.05, 0) is 36.6 Å². The zero-order chi connectivity index (χ0) is 10.5. The minimum Gasteiger partial charge on any atom is -0.376 e. The maximum absolute atomic E-state index is 5.80. The molecular formula is C12H16ClNO. The third kappa shape index (κ3) is 3.49. The van der Waals surface area contributed by atoms with Crippen molar-refractivity contribution in [2.24, 2.45) is 5.92 Å². The molecule has 0 radical (unpaired) electrons. The Balaban J connectivity index is 1.71. The first kappa shape index (κ1) is 10.9. The average molecular weight is 226 g/mol. The highest BCUT2D eigenvalue weighted by Gasteiger charge is 2.13. The molecule has 15 heavy (non-hydrogen) atoms. The molecule has 1 aromatic carbocycles. The van der Waals surface area contributed by atoms with Crippen molar-refractivity contribution in [2.75, 3.05) is 19.7 Å². The van der Waals surface area contributed by atoms with Gasteiger partial charge in [0.1, 0.15) is 0 Å².